The largest absolute Gasteiger partial charge is 0.324 e. The third kappa shape index (κ3) is 1.88. The zero-order valence-corrected chi connectivity index (χ0v) is 16.1. The number of benzene rings is 2. The van der Waals surface area contributed by atoms with Crippen LogP contribution in [0.2, 0.25) is 0 Å². The lowest BCUT2D eigenvalue weighted by Crippen LogP contribution is -2.54. The molecule has 6 nitrogen and oxygen atoms in total. The molecule has 146 valence electrons. The zero-order chi connectivity index (χ0) is 19.9. The van der Waals surface area contributed by atoms with Gasteiger partial charge in [-0.1, -0.05) is 30.3 Å². The van der Waals surface area contributed by atoms with Crippen LogP contribution in [0.3, 0.4) is 0 Å². The molecule has 4 aliphatic heterocycles. The molecule has 4 aliphatic rings. The quantitative estimate of drug-likeness (QED) is 0.763. The summed E-state index contributed by atoms with van der Waals surface area (Å²) < 4.78 is 0. The van der Waals surface area contributed by atoms with Crippen molar-refractivity contribution in [2.24, 2.45) is 11.8 Å². The molecule has 2 aromatic rings. The van der Waals surface area contributed by atoms with E-state index < -0.39 is 17.4 Å². The Labute approximate surface area is 168 Å². The van der Waals surface area contributed by atoms with Crippen molar-refractivity contribution in [2.45, 2.75) is 31.3 Å². The Hall–Kier alpha value is -2.99. The van der Waals surface area contributed by atoms with Crippen LogP contribution in [0.1, 0.15) is 24.0 Å². The van der Waals surface area contributed by atoms with E-state index in [1.165, 1.54) is 4.90 Å². The van der Waals surface area contributed by atoms with Crippen LogP contribution in [0.5, 0.6) is 0 Å². The number of hydrogen-bond acceptors (Lipinski definition) is 4. The van der Waals surface area contributed by atoms with Crippen LogP contribution in [0.4, 0.5) is 11.4 Å². The van der Waals surface area contributed by atoms with Crippen LogP contribution in [0, 0.1) is 18.8 Å². The Bertz CT molecular complexity index is 1100. The van der Waals surface area contributed by atoms with Crippen molar-refractivity contribution in [1.82, 2.24) is 4.90 Å². The number of para-hydroxylation sites is 1. The molecule has 3 fully saturated rings. The van der Waals surface area contributed by atoms with Gasteiger partial charge in [-0.15, -0.1) is 0 Å². The van der Waals surface area contributed by atoms with Gasteiger partial charge in [-0.05, 0) is 50.1 Å². The van der Waals surface area contributed by atoms with Crippen molar-refractivity contribution in [2.75, 3.05) is 16.8 Å². The fourth-order valence-corrected chi connectivity index (χ4v) is 6.18. The number of hydrogen-bond donors (Lipinski definition) is 1. The highest BCUT2D eigenvalue weighted by atomic mass is 16.2. The monoisotopic (exact) mass is 387 g/mol. The lowest BCUT2D eigenvalue weighted by Gasteiger charge is -2.36. The Morgan fingerprint density at radius 3 is 2.69 bits per heavy atom. The second-order valence-electron chi connectivity index (χ2n) is 8.52. The molecule has 4 atom stereocenters. The summed E-state index contributed by atoms with van der Waals surface area (Å²) in [5.74, 6) is -1.78. The van der Waals surface area contributed by atoms with E-state index in [1.54, 1.807) is 6.07 Å². The van der Waals surface area contributed by atoms with Crippen molar-refractivity contribution in [3.05, 3.63) is 59.7 Å². The van der Waals surface area contributed by atoms with E-state index in [4.69, 9.17) is 0 Å². The minimum absolute atomic E-state index is 0.0804. The SMILES string of the molecule is Cc1cccc(N2C(=O)C3C4CCCN4C4(C(=O)Nc5ccccc54)C3C2=O)c1. The van der Waals surface area contributed by atoms with E-state index in [0.29, 0.717) is 5.69 Å². The summed E-state index contributed by atoms with van der Waals surface area (Å²) in [5, 5.41) is 2.99. The van der Waals surface area contributed by atoms with Gasteiger partial charge < -0.3 is 5.32 Å². The van der Waals surface area contributed by atoms with Crippen LogP contribution in [0.25, 0.3) is 0 Å². The van der Waals surface area contributed by atoms with E-state index >= 15 is 0 Å². The van der Waals surface area contributed by atoms with E-state index in [0.717, 1.165) is 36.2 Å². The smallest absolute Gasteiger partial charge is 0.250 e. The van der Waals surface area contributed by atoms with Crippen molar-refractivity contribution in [3.63, 3.8) is 0 Å². The lowest BCUT2D eigenvalue weighted by molar-refractivity contribution is -0.135. The van der Waals surface area contributed by atoms with Crippen molar-refractivity contribution >= 4 is 29.1 Å². The maximum Gasteiger partial charge on any atom is 0.250 e. The molecule has 4 unspecified atom stereocenters. The molecule has 2 aromatic carbocycles. The average molecular weight is 387 g/mol. The molecule has 1 N–H and O–H groups in total. The fraction of sp³-hybridized carbons (Fsp3) is 0.348. The van der Waals surface area contributed by atoms with Crippen LogP contribution < -0.4 is 10.2 Å². The summed E-state index contributed by atoms with van der Waals surface area (Å²) in [6.07, 6.45) is 1.76. The Kier molecular flexibility index (Phi) is 3.23. The van der Waals surface area contributed by atoms with E-state index in [2.05, 4.69) is 10.2 Å². The number of rotatable bonds is 1. The Morgan fingerprint density at radius 2 is 1.86 bits per heavy atom. The molecule has 0 saturated carbocycles. The van der Waals surface area contributed by atoms with E-state index in [-0.39, 0.29) is 23.8 Å². The highest BCUT2D eigenvalue weighted by Crippen LogP contribution is 2.60. The van der Waals surface area contributed by atoms with Gasteiger partial charge in [0, 0.05) is 17.3 Å². The minimum Gasteiger partial charge on any atom is -0.324 e. The summed E-state index contributed by atoms with van der Waals surface area (Å²) in [5.41, 5.74) is 2.07. The average Bonchev–Trinajstić information content (AvgIpc) is 3.40. The maximum absolute atomic E-state index is 13.8. The first kappa shape index (κ1) is 16.9. The minimum atomic E-state index is -1.09. The molecular formula is C23H21N3O3. The van der Waals surface area contributed by atoms with Crippen LogP contribution in [0.15, 0.2) is 48.5 Å². The molecule has 3 saturated heterocycles. The summed E-state index contributed by atoms with van der Waals surface area (Å²) in [6.45, 7) is 2.67. The molecule has 6 heteroatoms. The van der Waals surface area contributed by atoms with Gasteiger partial charge in [0.25, 0.3) is 0 Å². The molecular weight excluding hydrogens is 366 g/mol. The number of carbonyl (C=O) groups is 3. The Morgan fingerprint density at radius 1 is 1.03 bits per heavy atom. The van der Waals surface area contributed by atoms with Gasteiger partial charge in [0.2, 0.25) is 17.7 Å². The maximum atomic E-state index is 13.8. The van der Waals surface area contributed by atoms with Gasteiger partial charge in [0.1, 0.15) is 5.54 Å². The summed E-state index contributed by atoms with van der Waals surface area (Å²) in [7, 11) is 0. The first-order chi connectivity index (χ1) is 14.0. The van der Waals surface area contributed by atoms with E-state index in [9.17, 15) is 14.4 Å². The van der Waals surface area contributed by atoms with Gasteiger partial charge >= 0.3 is 0 Å². The summed E-state index contributed by atoms with van der Waals surface area (Å²) >= 11 is 0. The van der Waals surface area contributed by atoms with Gasteiger partial charge in [0.05, 0.1) is 17.5 Å². The summed E-state index contributed by atoms with van der Waals surface area (Å²) in [4.78, 5) is 44.2. The number of nitrogens with zero attached hydrogens (tertiary/aromatic N) is 2. The predicted molar refractivity (Wildman–Crippen MR) is 107 cm³/mol. The van der Waals surface area contributed by atoms with Crippen molar-refractivity contribution < 1.29 is 14.4 Å². The van der Waals surface area contributed by atoms with Crippen molar-refractivity contribution in [3.8, 4) is 0 Å². The second-order valence-corrected chi connectivity index (χ2v) is 8.52. The topological polar surface area (TPSA) is 69.7 Å². The van der Waals surface area contributed by atoms with Crippen LogP contribution in [-0.2, 0) is 19.9 Å². The van der Waals surface area contributed by atoms with Gasteiger partial charge in [-0.25, -0.2) is 4.90 Å². The van der Waals surface area contributed by atoms with Crippen LogP contribution >= 0.6 is 0 Å². The summed E-state index contributed by atoms with van der Waals surface area (Å²) in [6, 6.07) is 15.0. The zero-order valence-electron chi connectivity index (χ0n) is 16.1. The lowest BCUT2D eigenvalue weighted by atomic mass is 9.75. The van der Waals surface area contributed by atoms with E-state index in [1.807, 2.05) is 49.4 Å². The van der Waals surface area contributed by atoms with Gasteiger partial charge in [-0.2, -0.15) is 0 Å². The molecule has 29 heavy (non-hydrogen) atoms. The van der Waals surface area contributed by atoms with Gasteiger partial charge in [0.15, 0.2) is 0 Å². The normalized spacial score (nSPS) is 32.7. The van der Waals surface area contributed by atoms with Crippen molar-refractivity contribution in [1.29, 1.82) is 0 Å². The molecule has 3 amide bonds. The molecule has 1 spiro atoms. The van der Waals surface area contributed by atoms with Crippen LogP contribution in [-0.4, -0.2) is 35.2 Å². The number of fused-ring (bicyclic) bond motifs is 7. The number of aryl methyl sites for hydroxylation is 1. The Balaban J connectivity index is 1.56. The molecule has 4 heterocycles. The molecule has 0 aliphatic carbocycles. The van der Waals surface area contributed by atoms with Gasteiger partial charge in [-0.3, -0.25) is 19.3 Å². The second kappa shape index (κ2) is 5.54. The third-order valence-corrected chi connectivity index (χ3v) is 7.16. The predicted octanol–water partition coefficient (Wildman–Crippen LogP) is 2.43. The number of nitrogens with one attached hydrogen (secondary N) is 1. The highest BCUT2D eigenvalue weighted by Gasteiger charge is 2.74. The molecule has 0 aromatic heterocycles. The third-order valence-electron chi connectivity index (χ3n) is 7.16. The highest BCUT2D eigenvalue weighted by molar-refractivity contribution is 6.25. The number of imide groups is 1. The molecule has 0 bridgehead atoms. The first-order valence-electron chi connectivity index (χ1n) is 10.2. The molecule has 0 radical (unpaired) electrons. The fourth-order valence-electron chi connectivity index (χ4n) is 6.18. The number of anilines is 2. The number of amides is 3. The first-order valence-corrected chi connectivity index (χ1v) is 10.2. The molecule has 6 rings (SSSR count). The standard InChI is InChI=1S/C23H21N3O3/c1-13-6-4-7-14(12-13)26-20(27)18-17-10-5-11-25(17)23(19(18)21(26)28)15-8-2-3-9-16(15)24-22(23)29/h2-4,6-9,12,17-19H,5,10-11H2,1H3,(H,24,29). The number of carbonyl (C=O) groups excluding carboxylic acids is 3.